The number of phenolic OH excluding ortho intramolecular Hbond substituents is 2. The number of hydrogen-bond donors (Lipinski definition) is 4. The molecule has 3 aliphatic heterocycles. The molecule has 3 saturated heterocycles. The molecule has 0 radical (unpaired) electrons. The van der Waals surface area contributed by atoms with Crippen molar-refractivity contribution >= 4 is 10.9 Å². The summed E-state index contributed by atoms with van der Waals surface area (Å²) in [6.45, 7) is 18.7. The summed E-state index contributed by atoms with van der Waals surface area (Å²) in [5.41, 5.74) is 6.97. The minimum atomic E-state index is -0.467. The molecule has 4 aliphatic rings. The third kappa shape index (κ3) is 7.50. The zero-order chi connectivity index (χ0) is 34.5. The van der Waals surface area contributed by atoms with Crippen molar-refractivity contribution in [1.82, 2.24) is 4.98 Å². The van der Waals surface area contributed by atoms with E-state index in [1.807, 2.05) is 44.2 Å². The molecule has 3 fully saturated rings. The molecule has 1 aliphatic carbocycles. The molecule has 258 valence electrons. The van der Waals surface area contributed by atoms with Crippen LogP contribution in [-0.4, -0.2) is 46.5 Å². The Kier molecular flexibility index (Phi) is 11.7. The van der Waals surface area contributed by atoms with Crippen LogP contribution in [0.3, 0.4) is 0 Å². The number of ether oxygens (including phenoxy) is 1. The van der Waals surface area contributed by atoms with Gasteiger partial charge in [0.2, 0.25) is 0 Å². The van der Waals surface area contributed by atoms with Crippen molar-refractivity contribution in [3.8, 4) is 17.2 Å². The first kappa shape index (κ1) is 35.7. The fraction of sp³-hybridized carbons (Fsp3) is 0.500. The third-order valence-electron chi connectivity index (χ3n) is 11.4. The lowest BCUT2D eigenvalue weighted by atomic mass is 9.73. The number of aryl methyl sites for hydroxylation is 1. The molecule has 2 bridgehead atoms. The topological polar surface area (TPSA) is 87.2 Å². The van der Waals surface area contributed by atoms with Gasteiger partial charge < -0.3 is 25.0 Å². The number of benzene rings is 2. The molecule has 2 aromatic carbocycles. The van der Waals surface area contributed by atoms with Crippen LogP contribution in [-0.2, 0) is 6.42 Å². The van der Waals surface area contributed by atoms with Crippen molar-refractivity contribution in [3.05, 3.63) is 95.2 Å². The van der Waals surface area contributed by atoms with Gasteiger partial charge >= 0.3 is 0 Å². The number of allylic oxidation sites excluding steroid dienone is 3. The van der Waals surface area contributed by atoms with Crippen LogP contribution in [0, 0.1) is 24.7 Å². The lowest BCUT2D eigenvalue weighted by molar-refractivity contribution is -0.949. The second kappa shape index (κ2) is 15.7. The standard InChI is InChI=1S/C22H32O2.C20H24N2O2/c1-6-7-8-9-17-13-20(23)21(22(24)16(17)5)19-12-15(4)10-11-18(19)14(2)3;1-3-13-12-22-9-7-14(13)10-19(22)20(23)16-6-8-21-18-5-4-15(24-2)11-17(16)18/h12-13,18-19,23-24H,2,6-11H2,1,3-5H3;3-6,8,11,13-14,19-20,23H,1,7,9-10,12H2,2H3/p+1/t18-,19+;13?,14-,19-,20+/m00/s1. The van der Waals surface area contributed by atoms with Gasteiger partial charge in [0.15, 0.2) is 0 Å². The van der Waals surface area contributed by atoms with Crippen molar-refractivity contribution in [3.63, 3.8) is 0 Å². The van der Waals surface area contributed by atoms with E-state index in [4.69, 9.17) is 4.74 Å². The second-order valence-corrected chi connectivity index (χ2v) is 14.6. The van der Waals surface area contributed by atoms with Crippen molar-refractivity contribution in [2.24, 2.45) is 17.8 Å². The molecule has 3 aromatic rings. The number of phenols is 2. The molecule has 4 heterocycles. The number of aromatic nitrogens is 1. The highest BCUT2D eigenvalue weighted by molar-refractivity contribution is 5.83. The number of quaternary nitrogens is 1. The average Bonchev–Trinajstić information content (AvgIpc) is 3.10. The summed E-state index contributed by atoms with van der Waals surface area (Å²) in [5, 5.41) is 33.7. The van der Waals surface area contributed by atoms with Gasteiger partial charge in [-0.3, -0.25) is 4.98 Å². The summed E-state index contributed by atoms with van der Waals surface area (Å²) < 4.78 is 5.35. The van der Waals surface area contributed by atoms with Gasteiger partial charge in [0.25, 0.3) is 0 Å². The largest absolute Gasteiger partial charge is 0.507 e. The normalized spacial score (nSPS) is 25.5. The van der Waals surface area contributed by atoms with Crippen LogP contribution >= 0.6 is 0 Å². The first-order valence-electron chi connectivity index (χ1n) is 18.0. The molecule has 48 heavy (non-hydrogen) atoms. The van der Waals surface area contributed by atoms with Gasteiger partial charge in [-0.15, -0.1) is 6.58 Å². The van der Waals surface area contributed by atoms with E-state index in [1.165, 1.54) is 29.7 Å². The smallest absolute Gasteiger partial charge is 0.131 e. The van der Waals surface area contributed by atoms with Crippen LogP contribution < -0.4 is 9.64 Å². The Bertz CT molecular complexity index is 1640. The highest BCUT2D eigenvalue weighted by Crippen LogP contribution is 2.48. The number of piperidine rings is 3. The number of fused-ring (bicyclic) bond motifs is 4. The number of methoxy groups -OCH3 is 1. The van der Waals surface area contributed by atoms with E-state index < -0.39 is 6.10 Å². The van der Waals surface area contributed by atoms with Crippen LogP contribution in [0.15, 0.2) is 73.0 Å². The van der Waals surface area contributed by atoms with Crippen LogP contribution in [0.5, 0.6) is 17.2 Å². The molecule has 2 unspecified atom stereocenters. The summed E-state index contributed by atoms with van der Waals surface area (Å²) in [6.07, 6.45) is 14.4. The van der Waals surface area contributed by atoms with Gasteiger partial charge in [0.1, 0.15) is 29.4 Å². The SMILES string of the molecule is C=C(C)[C@@H]1CCC(C)=C[C@H]1c1c(O)cc(CCCCC)c(C)c1O.C=CC1C[NH+]2CC[C@H]1C[C@H]2[C@H](O)c1ccnc2ccc(OC)cc12. The minimum absolute atomic E-state index is 0.0136. The first-order chi connectivity index (χ1) is 23.1. The molecule has 4 N–H and O–H groups in total. The van der Waals surface area contributed by atoms with E-state index in [2.05, 4.69) is 44.1 Å². The average molecular weight is 654 g/mol. The third-order valence-corrected chi connectivity index (χ3v) is 11.4. The molecule has 0 spiro atoms. The molecular weight excluding hydrogens is 596 g/mol. The van der Waals surface area contributed by atoms with Crippen LogP contribution in [0.4, 0.5) is 0 Å². The maximum Gasteiger partial charge on any atom is 0.131 e. The fourth-order valence-electron chi connectivity index (χ4n) is 8.54. The molecule has 7 atom stereocenters. The molecule has 6 heteroatoms. The number of unbranched alkanes of at least 4 members (excludes halogenated alkanes) is 2. The van der Waals surface area contributed by atoms with Gasteiger partial charge in [-0.1, -0.05) is 49.6 Å². The molecular formula is C42H57N2O4+. The number of hydrogen-bond acceptors (Lipinski definition) is 5. The van der Waals surface area contributed by atoms with Crippen LogP contribution in [0.2, 0.25) is 0 Å². The second-order valence-electron chi connectivity index (χ2n) is 14.6. The number of aliphatic hydroxyl groups is 1. The number of aromatic hydroxyl groups is 2. The summed E-state index contributed by atoms with van der Waals surface area (Å²) in [5.74, 6) is 2.85. The quantitative estimate of drug-likeness (QED) is 0.132. The van der Waals surface area contributed by atoms with E-state index in [9.17, 15) is 15.3 Å². The predicted octanol–water partition coefficient (Wildman–Crippen LogP) is 7.91. The molecule has 0 amide bonds. The monoisotopic (exact) mass is 653 g/mol. The van der Waals surface area contributed by atoms with Gasteiger partial charge in [-0.25, -0.2) is 0 Å². The highest BCUT2D eigenvalue weighted by Gasteiger charge is 2.45. The summed E-state index contributed by atoms with van der Waals surface area (Å²) in [6, 6.07) is 9.94. The predicted molar refractivity (Wildman–Crippen MR) is 196 cm³/mol. The summed E-state index contributed by atoms with van der Waals surface area (Å²) >= 11 is 0. The van der Waals surface area contributed by atoms with Gasteiger partial charge in [-0.05, 0) is 105 Å². The van der Waals surface area contributed by atoms with Crippen LogP contribution in [0.25, 0.3) is 10.9 Å². The number of nitrogens with one attached hydrogen (secondary N) is 1. The molecule has 1 aromatic heterocycles. The number of aliphatic hydroxyl groups excluding tert-OH is 1. The summed E-state index contributed by atoms with van der Waals surface area (Å²) in [7, 11) is 1.67. The maximum absolute atomic E-state index is 11.2. The van der Waals surface area contributed by atoms with Gasteiger partial charge in [-0.2, -0.15) is 0 Å². The van der Waals surface area contributed by atoms with E-state index in [0.29, 0.717) is 17.4 Å². The van der Waals surface area contributed by atoms with Crippen molar-refractivity contribution in [2.75, 3.05) is 20.2 Å². The van der Waals surface area contributed by atoms with E-state index in [-0.39, 0.29) is 29.4 Å². The Morgan fingerprint density at radius 3 is 2.60 bits per heavy atom. The van der Waals surface area contributed by atoms with E-state index >= 15 is 0 Å². The molecule has 7 rings (SSSR count). The Balaban J connectivity index is 0.000000188. The van der Waals surface area contributed by atoms with E-state index in [1.54, 1.807) is 13.3 Å². The van der Waals surface area contributed by atoms with Crippen LogP contribution in [0.1, 0.15) is 100.0 Å². The van der Waals surface area contributed by atoms with Crippen molar-refractivity contribution < 1.29 is 25.0 Å². The lowest BCUT2D eigenvalue weighted by Crippen LogP contribution is -3.20. The Morgan fingerprint density at radius 2 is 1.94 bits per heavy atom. The summed E-state index contributed by atoms with van der Waals surface area (Å²) in [4.78, 5) is 5.95. The Labute approximate surface area is 287 Å². The zero-order valence-corrected chi connectivity index (χ0v) is 29.8. The number of nitrogens with zero attached hydrogens (tertiary/aromatic N) is 1. The molecule has 0 saturated carbocycles. The Hall–Kier alpha value is -3.61. The van der Waals surface area contributed by atoms with Crippen molar-refractivity contribution in [2.45, 2.75) is 97.1 Å². The van der Waals surface area contributed by atoms with Gasteiger partial charge in [0, 0.05) is 41.8 Å². The first-order valence-corrected chi connectivity index (χ1v) is 18.0. The Morgan fingerprint density at radius 1 is 1.15 bits per heavy atom. The van der Waals surface area contributed by atoms with Gasteiger partial charge in [0.05, 0.1) is 25.7 Å². The maximum atomic E-state index is 11.2. The zero-order valence-electron chi connectivity index (χ0n) is 29.8. The number of rotatable bonds is 10. The minimum Gasteiger partial charge on any atom is -0.507 e. The van der Waals surface area contributed by atoms with Crippen molar-refractivity contribution in [1.29, 1.82) is 0 Å². The fourth-order valence-corrected chi connectivity index (χ4v) is 8.54. The van der Waals surface area contributed by atoms with E-state index in [0.717, 1.165) is 84.1 Å². The lowest BCUT2D eigenvalue weighted by Gasteiger charge is -2.47. The molecule has 6 nitrogen and oxygen atoms in total. The number of pyridine rings is 1. The highest BCUT2D eigenvalue weighted by atomic mass is 16.5.